The van der Waals surface area contributed by atoms with E-state index in [2.05, 4.69) is 35.6 Å². The lowest BCUT2D eigenvalue weighted by Crippen LogP contribution is -2.48. The maximum absolute atomic E-state index is 12.5. The Balaban J connectivity index is 1.70. The van der Waals surface area contributed by atoms with E-state index < -0.39 is 11.4 Å². The van der Waals surface area contributed by atoms with Gasteiger partial charge < -0.3 is 9.29 Å². The van der Waals surface area contributed by atoms with Crippen molar-refractivity contribution in [1.82, 2.24) is 4.72 Å². The molecule has 0 aliphatic heterocycles. The van der Waals surface area contributed by atoms with Crippen LogP contribution >= 0.6 is 0 Å². The van der Waals surface area contributed by atoms with E-state index in [1.165, 1.54) is 31.2 Å². The molecule has 27 heavy (non-hydrogen) atoms. The van der Waals surface area contributed by atoms with Gasteiger partial charge in [0.2, 0.25) is 0 Å². The highest BCUT2D eigenvalue weighted by Gasteiger charge is 2.33. The molecule has 2 atom stereocenters. The molecular weight excluding hydrogens is 354 g/mol. The summed E-state index contributed by atoms with van der Waals surface area (Å²) in [6.45, 7) is 11.5. The molecule has 1 aliphatic rings. The van der Waals surface area contributed by atoms with Gasteiger partial charge >= 0.3 is 0 Å². The van der Waals surface area contributed by atoms with Gasteiger partial charge in [-0.15, -0.1) is 11.3 Å². The molecule has 1 saturated carbocycles. The van der Waals surface area contributed by atoms with Crippen molar-refractivity contribution in [2.45, 2.75) is 76.7 Å². The lowest BCUT2D eigenvalue weighted by atomic mass is 9.77. The van der Waals surface area contributed by atoms with E-state index in [-0.39, 0.29) is 10.8 Å². The molecule has 0 saturated heterocycles. The molecule has 0 amide bonds. The summed E-state index contributed by atoms with van der Waals surface area (Å²) in [6.07, 6.45) is 8.89. The van der Waals surface area contributed by atoms with Gasteiger partial charge in [0.05, 0.1) is 12.6 Å². The topological polar surface area (TPSA) is 44.3 Å². The molecule has 0 aromatic heterocycles. The molecular formula is C23H37NO2S. The van der Waals surface area contributed by atoms with Gasteiger partial charge in [-0.2, -0.15) is 0 Å². The first-order chi connectivity index (χ1) is 12.9. The molecule has 0 spiro atoms. The lowest BCUT2D eigenvalue weighted by Gasteiger charge is -2.35. The third-order valence-electron chi connectivity index (χ3n) is 5.48. The maximum Gasteiger partial charge on any atom is 0.136 e. The molecule has 0 radical (unpaired) electrons. The number of benzene rings is 1. The van der Waals surface area contributed by atoms with Gasteiger partial charge in [-0.25, -0.2) is 0 Å². The van der Waals surface area contributed by atoms with Crippen LogP contribution in [0.4, 0.5) is 0 Å². The van der Waals surface area contributed by atoms with Gasteiger partial charge in [-0.3, -0.25) is 0 Å². The van der Waals surface area contributed by atoms with E-state index in [9.17, 15) is 4.55 Å². The first kappa shape index (κ1) is 22.5. The Bertz CT molecular complexity index is 535. The van der Waals surface area contributed by atoms with Crippen LogP contribution in [0.2, 0.25) is 0 Å². The summed E-state index contributed by atoms with van der Waals surface area (Å²) in [5.41, 5.74) is 1.24. The zero-order valence-corrected chi connectivity index (χ0v) is 18.1. The van der Waals surface area contributed by atoms with Crippen molar-refractivity contribution in [2.75, 3.05) is 6.61 Å². The van der Waals surface area contributed by atoms with Crippen LogP contribution in [0.3, 0.4) is 0 Å². The minimum absolute atomic E-state index is 0.229. The first-order valence-electron chi connectivity index (χ1n) is 10.3. The van der Waals surface area contributed by atoms with E-state index >= 15 is 0 Å². The summed E-state index contributed by atoms with van der Waals surface area (Å²) < 4.78 is 21.5. The van der Waals surface area contributed by atoms with Crippen LogP contribution in [0, 0.1) is 11.8 Å². The summed E-state index contributed by atoms with van der Waals surface area (Å²) in [5.74, 6) is 1.35. The summed E-state index contributed by atoms with van der Waals surface area (Å²) in [7, 11) is 0. The Morgan fingerprint density at radius 3 is 2.48 bits per heavy atom. The van der Waals surface area contributed by atoms with E-state index in [0.717, 1.165) is 25.4 Å². The van der Waals surface area contributed by atoms with Gasteiger partial charge in [0.1, 0.15) is 4.75 Å². The predicted molar refractivity (Wildman–Crippen MR) is 116 cm³/mol. The molecule has 1 aromatic rings. The SMILES string of the molecule is C=CCC(N[S@+]([O-])C(C)(C)C)[C@H]1CC[C@H](CCOCc2ccccc2)CC1. The van der Waals surface area contributed by atoms with Crippen molar-refractivity contribution < 1.29 is 9.29 Å². The standard InChI is InChI=1S/C23H37NO2S/c1-5-9-22(24-27(25)23(2,3)4)21-14-12-19(13-15-21)16-17-26-18-20-10-7-6-8-11-20/h5-8,10-11,19,21-22,24H,1,9,12-18H2,2-4H3/t19-,21-,22?,27-/m1/s1. The Kier molecular flexibility index (Phi) is 9.37. The Hall–Kier alpha value is -0.810. The highest BCUT2D eigenvalue weighted by Crippen LogP contribution is 2.34. The zero-order chi connectivity index (χ0) is 19.7. The molecule has 3 nitrogen and oxygen atoms in total. The van der Waals surface area contributed by atoms with E-state index in [1.807, 2.05) is 32.9 Å². The largest absolute Gasteiger partial charge is 0.598 e. The van der Waals surface area contributed by atoms with E-state index in [4.69, 9.17) is 4.74 Å². The fraction of sp³-hybridized carbons (Fsp3) is 0.652. The third kappa shape index (κ3) is 7.98. The molecule has 1 aromatic carbocycles. The number of hydrogen-bond acceptors (Lipinski definition) is 3. The highest BCUT2D eigenvalue weighted by molar-refractivity contribution is 7.90. The van der Waals surface area contributed by atoms with E-state index in [0.29, 0.717) is 12.5 Å². The molecule has 1 aliphatic carbocycles. The fourth-order valence-electron chi connectivity index (χ4n) is 3.72. The van der Waals surface area contributed by atoms with Gasteiger partial charge in [0.15, 0.2) is 0 Å². The number of rotatable bonds is 10. The van der Waals surface area contributed by atoms with Crippen molar-refractivity contribution in [3.63, 3.8) is 0 Å². The van der Waals surface area contributed by atoms with Crippen molar-refractivity contribution in [1.29, 1.82) is 0 Å². The molecule has 2 rings (SSSR count). The normalized spacial score (nSPS) is 23.0. The smallest absolute Gasteiger partial charge is 0.136 e. The molecule has 1 N–H and O–H groups in total. The first-order valence-corrected chi connectivity index (χ1v) is 11.5. The van der Waals surface area contributed by atoms with Gasteiger partial charge in [0.25, 0.3) is 0 Å². The predicted octanol–water partition coefficient (Wildman–Crippen LogP) is 5.40. The zero-order valence-electron chi connectivity index (χ0n) is 17.3. The summed E-state index contributed by atoms with van der Waals surface area (Å²) in [6, 6.07) is 10.6. The Labute approximate surface area is 169 Å². The maximum atomic E-state index is 12.5. The number of hydrogen-bond donors (Lipinski definition) is 1. The summed E-state index contributed by atoms with van der Waals surface area (Å²) in [5, 5.41) is 0. The minimum Gasteiger partial charge on any atom is -0.598 e. The van der Waals surface area contributed by atoms with Crippen LogP contribution in [-0.4, -0.2) is 21.9 Å². The average Bonchev–Trinajstić information content (AvgIpc) is 2.65. The van der Waals surface area contributed by atoms with Crippen molar-refractivity contribution in [3.8, 4) is 0 Å². The fourth-order valence-corrected chi connectivity index (χ4v) is 4.64. The molecule has 1 fully saturated rings. The number of nitrogens with one attached hydrogen (secondary N) is 1. The second-order valence-electron chi connectivity index (χ2n) is 8.74. The monoisotopic (exact) mass is 391 g/mol. The highest BCUT2D eigenvalue weighted by atomic mass is 32.2. The van der Waals surface area contributed by atoms with Crippen LogP contribution in [0.5, 0.6) is 0 Å². The quantitative estimate of drug-likeness (QED) is 0.330. The third-order valence-corrected chi connectivity index (χ3v) is 7.11. The minimum atomic E-state index is -1.02. The second kappa shape index (κ2) is 11.3. The van der Waals surface area contributed by atoms with Crippen molar-refractivity contribution in [3.05, 3.63) is 48.6 Å². The van der Waals surface area contributed by atoms with Crippen molar-refractivity contribution in [2.24, 2.45) is 11.8 Å². The summed E-state index contributed by atoms with van der Waals surface area (Å²) in [4.78, 5) is 0. The van der Waals surface area contributed by atoms with Crippen LogP contribution in [-0.2, 0) is 22.7 Å². The molecule has 0 heterocycles. The molecule has 152 valence electrons. The van der Waals surface area contributed by atoms with Crippen LogP contribution in [0.1, 0.15) is 64.9 Å². The Morgan fingerprint density at radius 2 is 1.89 bits per heavy atom. The number of ether oxygens (including phenoxy) is 1. The lowest BCUT2D eigenvalue weighted by molar-refractivity contribution is 0.0962. The molecule has 4 heteroatoms. The molecule has 0 bridgehead atoms. The van der Waals surface area contributed by atoms with Crippen LogP contribution in [0.15, 0.2) is 43.0 Å². The van der Waals surface area contributed by atoms with Crippen LogP contribution in [0.25, 0.3) is 0 Å². The average molecular weight is 392 g/mol. The summed E-state index contributed by atoms with van der Waals surface area (Å²) >= 11 is -1.02. The second-order valence-corrected chi connectivity index (χ2v) is 10.7. The van der Waals surface area contributed by atoms with Gasteiger partial charge in [-0.1, -0.05) is 49.2 Å². The van der Waals surface area contributed by atoms with E-state index in [1.54, 1.807) is 0 Å². The Morgan fingerprint density at radius 1 is 1.22 bits per heavy atom. The van der Waals surface area contributed by atoms with Gasteiger partial charge in [0, 0.05) is 18.0 Å². The van der Waals surface area contributed by atoms with Crippen LogP contribution < -0.4 is 4.72 Å². The molecule has 1 unspecified atom stereocenters. The van der Waals surface area contributed by atoms with Gasteiger partial charge in [-0.05, 0) is 63.9 Å². The van der Waals surface area contributed by atoms with Crippen molar-refractivity contribution >= 4 is 11.4 Å².